The molecule has 1 aromatic carbocycles. The Kier molecular flexibility index (Phi) is 3.58. The van der Waals surface area contributed by atoms with Crippen LogP contribution in [0, 0.1) is 5.92 Å². The van der Waals surface area contributed by atoms with Gasteiger partial charge in [0.1, 0.15) is 5.52 Å². The average molecular weight is 257 g/mol. The highest BCUT2D eigenvalue weighted by atomic mass is 16.3. The summed E-state index contributed by atoms with van der Waals surface area (Å²) in [5.41, 5.74) is 3.36. The van der Waals surface area contributed by atoms with Crippen molar-refractivity contribution in [1.29, 1.82) is 0 Å². The smallest absolute Gasteiger partial charge is 0.198 e. The van der Waals surface area contributed by atoms with Crippen LogP contribution in [0.2, 0.25) is 0 Å². The Bertz CT molecular complexity index is 549. The van der Waals surface area contributed by atoms with Gasteiger partial charge in [-0.15, -0.1) is 0 Å². The van der Waals surface area contributed by atoms with E-state index in [2.05, 4.69) is 32.0 Å². The van der Waals surface area contributed by atoms with E-state index in [4.69, 9.17) is 9.40 Å². The molecule has 1 fully saturated rings. The zero-order chi connectivity index (χ0) is 13.2. The van der Waals surface area contributed by atoms with Crippen LogP contribution in [0.3, 0.4) is 0 Å². The number of hydrogen-bond acceptors (Lipinski definition) is 2. The van der Waals surface area contributed by atoms with E-state index in [1.807, 2.05) is 0 Å². The van der Waals surface area contributed by atoms with Crippen molar-refractivity contribution in [3.8, 4) is 0 Å². The lowest BCUT2D eigenvalue weighted by molar-refractivity contribution is 0.373. The second-order valence-corrected chi connectivity index (χ2v) is 6.29. The fraction of sp³-hybridized carbons (Fsp3) is 0.588. The Balaban J connectivity index is 1.87. The third-order valence-electron chi connectivity index (χ3n) is 4.07. The molecule has 0 saturated heterocycles. The molecule has 1 aliphatic carbocycles. The molecule has 102 valence electrons. The van der Waals surface area contributed by atoms with Gasteiger partial charge in [-0.25, -0.2) is 4.98 Å². The highest BCUT2D eigenvalue weighted by Crippen LogP contribution is 2.33. The molecule has 0 aliphatic heterocycles. The minimum Gasteiger partial charge on any atom is -0.440 e. The fourth-order valence-electron chi connectivity index (χ4n) is 3.11. The predicted molar refractivity (Wildman–Crippen MR) is 78.4 cm³/mol. The number of fused-ring (bicyclic) bond motifs is 1. The highest BCUT2D eigenvalue weighted by molar-refractivity contribution is 5.73. The van der Waals surface area contributed by atoms with Crippen molar-refractivity contribution in [2.45, 2.75) is 58.3 Å². The summed E-state index contributed by atoms with van der Waals surface area (Å²) in [6, 6.07) is 6.47. The van der Waals surface area contributed by atoms with Gasteiger partial charge in [0.2, 0.25) is 0 Å². The second kappa shape index (κ2) is 5.36. The van der Waals surface area contributed by atoms with Gasteiger partial charge in [-0.3, -0.25) is 0 Å². The maximum Gasteiger partial charge on any atom is 0.198 e. The lowest BCUT2D eigenvalue weighted by atomic mass is 9.89. The van der Waals surface area contributed by atoms with Crippen molar-refractivity contribution in [2.75, 3.05) is 0 Å². The molecule has 2 nitrogen and oxygen atoms in total. The van der Waals surface area contributed by atoms with Gasteiger partial charge in [0.05, 0.1) is 0 Å². The molecule has 1 heterocycles. The van der Waals surface area contributed by atoms with Crippen LogP contribution in [-0.4, -0.2) is 4.98 Å². The average Bonchev–Trinajstić information content (AvgIpc) is 2.82. The zero-order valence-corrected chi connectivity index (χ0v) is 12.0. The van der Waals surface area contributed by atoms with Crippen molar-refractivity contribution in [2.24, 2.45) is 5.92 Å². The molecule has 0 atom stereocenters. The summed E-state index contributed by atoms with van der Waals surface area (Å²) < 4.78 is 5.96. The normalized spacial score (nSPS) is 17.4. The first kappa shape index (κ1) is 12.7. The monoisotopic (exact) mass is 257 g/mol. The summed E-state index contributed by atoms with van der Waals surface area (Å²) >= 11 is 0. The summed E-state index contributed by atoms with van der Waals surface area (Å²) in [5, 5.41) is 0. The zero-order valence-electron chi connectivity index (χ0n) is 12.0. The van der Waals surface area contributed by atoms with E-state index in [1.54, 1.807) is 0 Å². The summed E-state index contributed by atoms with van der Waals surface area (Å²) in [6.07, 6.45) is 7.61. The van der Waals surface area contributed by atoms with Gasteiger partial charge in [0, 0.05) is 5.92 Å². The minimum absolute atomic E-state index is 0.551. The van der Waals surface area contributed by atoms with Crippen LogP contribution in [0.5, 0.6) is 0 Å². The van der Waals surface area contributed by atoms with E-state index < -0.39 is 0 Å². The molecule has 0 radical (unpaired) electrons. The topological polar surface area (TPSA) is 26.0 Å². The van der Waals surface area contributed by atoms with E-state index in [0.29, 0.717) is 11.8 Å². The Hall–Kier alpha value is -1.31. The van der Waals surface area contributed by atoms with Gasteiger partial charge in [-0.1, -0.05) is 39.2 Å². The third-order valence-corrected chi connectivity index (χ3v) is 4.07. The largest absolute Gasteiger partial charge is 0.440 e. The Morgan fingerprint density at radius 2 is 2.00 bits per heavy atom. The summed E-state index contributed by atoms with van der Waals surface area (Å²) in [5.74, 6) is 2.20. The number of nitrogens with zero attached hydrogens (tertiary/aromatic N) is 1. The molecule has 1 aliphatic rings. The summed E-state index contributed by atoms with van der Waals surface area (Å²) in [6.45, 7) is 4.50. The molecule has 2 heteroatoms. The third kappa shape index (κ3) is 2.83. The molecular weight excluding hydrogens is 234 g/mol. The van der Waals surface area contributed by atoms with Gasteiger partial charge >= 0.3 is 0 Å². The van der Waals surface area contributed by atoms with Gasteiger partial charge in [0.25, 0.3) is 0 Å². The van der Waals surface area contributed by atoms with Crippen LogP contribution in [0.1, 0.15) is 63.3 Å². The minimum atomic E-state index is 0.551. The van der Waals surface area contributed by atoms with Crippen molar-refractivity contribution in [1.82, 2.24) is 4.98 Å². The van der Waals surface area contributed by atoms with E-state index in [9.17, 15) is 0 Å². The van der Waals surface area contributed by atoms with E-state index in [1.165, 1.54) is 37.7 Å². The van der Waals surface area contributed by atoms with Crippen LogP contribution in [0.25, 0.3) is 11.1 Å². The number of hydrogen-bond donors (Lipinski definition) is 0. The number of benzene rings is 1. The van der Waals surface area contributed by atoms with Crippen LogP contribution >= 0.6 is 0 Å². The molecule has 1 aromatic heterocycles. The van der Waals surface area contributed by atoms with Crippen molar-refractivity contribution in [3.63, 3.8) is 0 Å². The van der Waals surface area contributed by atoms with E-state index in [0.717, 1.165) is 23.4 Å². The number of aromatic nitrogens is 1. The standard InChI is InChI=1S/C17H23NO/c1-12(2)10-13-8-9-16-15(11-13)18-17(19-16)14-6-4-3-5-7-14/h8-9,11-12,14H,3-7,10H2,1-2H3. The molecule has 0 N–H and O–H groups in total. The second-order valence-electron chi connectivity index (χ2n) is 6.29. The maximum atomic E-state index is 5.96. The van der Waals surface area contributed by atoms with E-state index in [-0.39, 0.29) is 0 Å². The van der Waals surface area contributed by atoms with Crippen molar-refractivity contribution < 1.29 is 4.42 Å². The first-order chi connectivity index (χ1) is 9.22. The number of rotatable bonds is 3. The van der Waals surface area contributed by atoms with Gasteiger partial charge < -0.3 is 4.42 Å². The fourth-order valence-corrected chi connectivity index (χ4v) is 3.11. The Morgan fingerprint density at radius 1 is 1.21 bits per heavy atom. The molecule has 2 aromatic rings. The summed E-state index contributed by atoms with van der Waals surface area (Å²) in [7, 11) is 0. The van der Waals surface area contributed by atoms with Gasteiger partial charge in [-0.05, 0) is 42.9 Å². The molecule has 0 unspecified atom stereocenters. The quantitative estimate of drug-likeness (QED) is 0.767. The highest BCUT2D eigenvalue weighted by Gasteiger charge is 2.20. The molecule has 3 rings (SSSR count). The molecule has 19 heavy (non-hydrogen) atoms. The first-order valence-electron chi connectivity index (χ1n) is 7.62. The van der Waals surface area contributed by atoms with Crippen LogP contribution in [-0.2, 0) is 6.42 Å². The lowest BCUT2D eigenvalue weighted by Crippen LogP contribution is -2.04. The molecule has 0 bridgehead atoms. The van der Waals surface area contributed by atoms with Crippen LogP contribution < -0.4 is 0 Å². The van der Waals surface area contributed by atoms with Crippen molar-refractivity contribution in [3.05, 3.63) is 29.7 Å². The molecule has 0 spiro atoms. The van der Waals surface area contributed by atoms with Gasteiger partial charge in [0.15, 0.2) is 11.5 Å². The molecule has 0 amide bonds. The summed E-state index contributed by atoms with van der Waals surface area (Å²) in [4.78, 5) is 4.74. The maximum absolute atomic E-state index is 5.96. The number of oxazole rings is 1. The van der Waals surface area contributed by atoms with Crippen molar-refractivity contribution >= 4 is 11.1 Å². The van der Waals surface area contributed by atoms with Crippen LogP contribution in [0.15, 0.2) is 22.6 Å². The predicted octanol–water partition coefficient (Wildman–Crippen LogP) is 5.07. The van der Waals surface area contributed by atoms with E-state index >= 15 is 0 Å². The van der Waals surface area contributed by atoms with Gasteiger partial charge in [-0.2, -0.15) is 0 Å². The lowest BCUT2D eigenvalue weighted by Gasteiger charge is -2.17. The first-order valence-corrected chi connectivity index (χ1v) is 7.62. The SMILES string of the molecule is CC(C)Cc1ccc2oc(C3CCCCC3)nc2c1. The Labute approximate surface area is 115 Å². The van der Waals surface area contributed by atoms with Crippen LogP contribution in [0.4, 0.5) is 0 Å². The molecular formula is C17H23NO. The Morgan fingerprint density at radius 3 is 2.74 bits per heavy atom. The molecule has 1 saturated carbocycles.